The molecule has 1 aromatic carbocycles. The Balaban J connectivity index is 2.81. The predicted molar refractivity (Wildman–Crippen MR) is 72.4 cm³/mol. The zero-order valence-corrected chi connectivity index (χ0v) is 11.3. The molecule has 6 heteroatoms. The molecule has 1 aromatic heterocycles. The van der Waals surface area contributed by atoms with Crippen LogP contribution < -0.4 is 10.1 Å². The van der Waals surface area contributed by atoms with Crippen LogP contribution in [0.5, 0.6) is 5.75 Å². The Morgan fingerprint density at radius 1 is 1.42 bits per heavy atom. The standard InChI is InChI=1S/C13H13ClF2N2O/c1-3-17-8-6-9(13(15)16)18-12-10(19-2)5-4-7(14)11(8)12/h4-6,13H,3H2,1-2H3,(H,17,18). The van der Waals surface area contributed by atoms with Crippen molar-refractivity contribution >= 4 is 28.2 Å². The van der Waals surface area contributed by atoms with Crippen LogP contribution >= 0.6 is 11.6 Å². The highest BCUT2D eigenvalue weighted by Gasteiger charge is 2.17. The van der Waals surface area contributed by atoms with E-state index in [0.717, 1.165) is 0 Å². The quantitative estimate of drug-likeness (QED) is 0.911. The number of pyridine rings is 1. The highest BCUT2D eigenvalue weighted by Crippen LogP contribution is 2.37. The van der Waals surface area contributed by atoms with Gasteiger partial charge in [0.1, 0.15) is 17.0 Å². The number of ether oxygens (including phenoxy) is 1. The Hall–Kier alpha value is -1.62. The van der Waals surface area contributed by atoms with Crippen LogP contribution in [-0.2, 0) is 0 Å². The second-order valence-electron chi connectivity index (χ2n) is 3.90. The molecule has 0 aliphatic rings. The van der Waals surface area contributed by atoms with Gasteiger partial charge in [-0.1, -0.05) is 11.6 Å². The first kappa shape index (κ1) is 13.8. The molecule has 0 aliphatic heterocycles. The van der Waals surface area contributed by atoms with E-state index >= 15 is 0 Å². The van der Waals surface area contributed by atoms with Gasteiger partial charge in [-0.3, -0.25) is 0 Å². The molecule has 0 aliphatic carbocycles. The normalized spacial score (nSPS) is 11.1. The molecule has 0 spiro atoms. The van der Waals surface area contributed by atoms with Crippen molar-refractivity contribution in [1.82, 2.24) is 4.98 Å². The first-order valence-corrected chi connectivity index (χ1v) is 6.15. The third kappa shape index (κ3) is 2.56. The number of nitrogens with zero attached hydrogens (tertiary/aromatic N) is 1. The number of rotatable bonds is 4. The van der Waals surface area contributed by atoms with Crippen LogP contribution in [0.15, 0.2) is 18.2 Å². The maximum Gasteiger partial charge on any atom is 0.280 e. The molecule has 102 valence electrons. The lowest BCUT2D eigenvalue weighted by atomic mass is 10.1. The second-order valence-corrected chi connectivity index (χ2v) is 4.31. The Bertz CT molecular complexity index is 605. The molecule has 0 saturated carbocycles. The molecule has 3 nitrogen and oxygen atoms in total. The van der Waals surface area contributed by atoms with Crippen molar-refractivity contribution in [2.24, 2.45) is 0 Å². The Kier molecular flexibility index (Phi) is 4.04. The molecule has 2 aromatic rings. The van der Waals surface area contributed by atoms with Crippen molar-refractivity contribution in [2.75, 3.05) is 19.0 Å². The third-order valence-corrected chi connectivity index (χ3v) is 3.02. The number of fused-ring (bicyclic) bond motifs is 1. The van der Waals surface area contributed by atoms with Gasteiger partial charge in [-0.15, -0.1) is 0 Å². The molecule has 0 radical (unpaired) electrons. The molecule has 0 fully saturated rings. The molecular weight excluding hydrogens is 274 g/mol. The predicted octanol–water partition coefficient (Wildman–Crippen LogP) is 4.27. The Morgan fingerprint density at radius 3 is 2.74 bits per heavy atom. The van der Waals surface area contributed by atoms with E-state index in [2.05, 4.69) is 10.3 Å². The summed E-state index contributed by atoms with van der Waals surface area (Å²) in [7, 11) is 1.46. The lowest BCUT2D eigenvalue weighted by Crippen LogP contribution is -2.02. The van der Waals surface area contributed by atoms with Crippen molar-refractivity contribution in [1.29, 1.82) is 0 Å². The molecule has 0 bridgehead atoms. The van der Waals surface area contributed by atoms with Crippen LogP contribution in [0.4, 0.5) is 14.5 Å². The number of alkyl halides is 2. The SMILES string of the molecule is CCNc1cc(C(F)F)nc2c(OC)ccc(Cl)c12. The van der Waals surface area contributed by atoms with Gasteiger partial charge in [0.05, 0.1) is 12.1 Å². The summed E-state index contributed by atoms with van der Waals surface area (Å²) < 4.78 is 30.9. The molecule has 0 atom stereocenters. The molecule has 2 rings (SSSR count). The van der Waals surface area contributed by atoms with Crippen LogP contribution in [0.1, 0.15) is 19.0 Å². The molecule has 0 unspecified atom stereocenters. The van der Waals surface area contributed by atoms with Crippen LogP contribution in [0, 0.1) is 0 Å². The van der Waals surface area contributed by atoms with E-state index in [1.54, 1.807) is 12.1 Å². The van der Waals surface area contributed by atoms with E-state index < -0.39 is 6.43 Å². The Labute approximate surface area is 114 Å². The summed E-state index contributed by atoms with van der Waals surface area (Å²) in [5, 5.41) is 4.06. The van der Waals surface area contributed by atoms with Gasteiger partial charge in [-0.2, -0.15) is 0 Å². The second kappa shape index (κ2) is 5.57. The third-order valence-electron chi connectivity index (χ3n) is 2.70. The van der Waals surface area contributed by atoms with Gasteiger partial charge < -0.3 is 10.1 Å². The van der Waals surface area contributed by atoms with Crippen LogP contribution in [0.25, 0.3) is 10.9 Å². The smallest absolute Gasteiger partial charge is 0.280 e. The van der Waals surface area contributed by atoms with E-state index in [4.69, 9.17) is 16.3 Å². The summed E-state index contributed by atoms with van der Waals surface area (Å²) in [6, 6.07) is 4.59. The Morgan fingerprint density at radius 2 is 2.16 bits per heavy atom. The maximum atomic E-state index is 12.9. The minimum Gasteiger partial charge on any atom is -0.494 e. The fraction of sp³-hybridized carbons (Fsp3) is 0.308. The molecule has 0 amide bonds. The van der Waals surface area contributed by atoms with Crippen molar-refractivity contribution in [2.45, 2.75) is 13.3 Å². The summed E-state index contributed by atoms with van der Waals surface area (Å²) in [6.07, 6.45) is -2.65. The van der Waals surface area contributed by atoms with Crippen LogP contribution in [0.2, 0.25) is 5.02 Å². The van der Waals surface area contributed by atoms with E-state index in [0.29, 0.717) is 33.9 Å². The first-order chi connectivity index (χ1) is 9.08. The van der Waals surface area contributed by atoms with E-state index in [1.165, 1.54) is 13.2 Å². The van der Waals surface area contributed by atoms with Crippen LogP contribution in [0.3, 0.4) is 0 Å². The largest absolute Gasteiger partial charge is 0.494 e. The fourth-order valence-electron chi connectivity index (χ4n) is 1.90. The zero-order chi connectivity index (χ0) is 14.0. The molecule has 19 heavy (non-hydrogen) atoms. The van der Waals surface area contributed by atoms with E-state index in [-0.39, 0.29) is 5.69 Å². The minimum atomic E-state index is -2.65. The number of benzene rings is 1. The average molecular weight is 287 g/mol. The van der Waals surface area contributed by atoms with Gasteiger partial charge in [-0.05, 0) is 25.1 Å². The fourth-order valence-corrected chi connectivity index (χ4v) is 2.16. The van der Waals surface area contributed by atoms with Gasteiger partial charge in [0.2, 0.25) is 0 Å². The van der Waals surface area contributed by atoms with Crippen molar-refractivity contribution < 1.29 is 13.5 Å². The number of anilines is 1. The number of nitrogens with one attached hydrogen (secondary N) is 1. The highest BCUT2D eigenvalue weighted by molar-refractivity contribution is 6.36. The summed E-state index contributed by atoms with van der Waals surface area (Å²) in [5.41, 5.74) is 0.569. The highest BCUT2D eigenvalue weighted by atomic mass is 35.5. The summed E-state index contributed by atoms with van der Waals surface area (Å²) in [6.45, 7) is 2.47. The van der Waals surface area contributed by atoms with Gasteiger partial charge in [0.25, 0.3) is 6.43 Å². The molecule has 0 saturated heterocycles. The van der Waals surface area contributed by atoms with Gasteiger partial charge >= 0.3 is 0 Å². The number of hydrogen-bond acceptors (Lipinski definition) is 3. The topological polar surface area (TPSA) is 34.2 Å². The van der Waals surface area contributed by atoms with Gasteiger partial charge in [0.15, 0.2) is 0 Å². The van der Waals surface area contributed by atoms with Crippen LogP contribution in [-0.4, -0.2) is 18.6 Å². The van der Waals surface area contributed by atoms with Crippen molar-refractivity contribution in [3.05, 3.63) is 28.9 Å². The van der Waals surface area contributed by atoms with Gasteiger partial charge in [-0.25, -0.2) is 13.8 Å². The average Bonchev–Trinajstić information content (AvgIpc) is 2.39. The lowest BCUT2D eigenvalue weighted by Gasteiger charge is -2.13. The van der Waals surface area contributed by atoms with Crippen molar-refractivity contribution in [3.8, 4) is 5.75 Å². The number of aromatic nitrogens is 1. The lowest BCUT2D eigenvalue weighted by molar-refractivity contribution is 0.146. The number of methoxy groups -OCH3 is 1. The molecule has 1 heterocycles. The number of halogens is 3. The zero-order valence-electron chi connectivity index (χ0n) is 10.5. The number of hydrogen-bond donors (Lipinski definition) is 1. The van der Waals surface area contributed by atoms with E-state index in [9.17, 15) is 8.78 Å². The summed E-state index contributed by atoms with van der Waals surface area (Å²) in [5.74, 6) is 0.418. The maximum absolute atomic E-state index is 12.9. The monoisotopic (exact) mass is 286 g/mol. The summed E-state index contributed by atoms with van der Waals surface area (Å²) >= 11 is 6.14. The van der Waals surface area contributed by atoms with Gasteiger partial charge in [0, 0.05) is 17.6 Å². The minimum absolute atomic E-state index is 0.302. The van der Waals surface area contributed by atoms with Crippen molar-refractivity contribution in [3.63, 3.8) is 0 Å². The van der Waals surface area contributed by atoms with E-state index in [1.807, 2.05) is 6.92 Å². The summed E-state index contributed by atoms with van der Waals surface area (Å²) in [4.78, 5) is 3.95. The first-order valence-electron chi connectivity index (χ1n) is 5.77. The molecule has 1 N–H and O–H groups in total. The molecular formula is C13H13ClF2N2O.